The molecule has 5 heteroatoms. The number of hydrogen-bond donors (Lipinski definition) is 1. The molecule has 35 heavy (non-hydrogen) atoms. The van der Waals surface area contributed by atoms with Crippen molar-refractivity contribution in [1.82, 2.24) is 15.3 Å². The molecule has 2 aromatic heterocycles. The minimum Gasteiger partial charge on any atom is -0.332 e. The fourth-order valence-corrected chi connectivity index (χ4v) is 4.55. The first-order valence-corrected chi connectivity index (χ1v) is 11.8. The zero-order valence-electron chi connectivity index (χ0n) is 19.8. The van der Waals surface area contributed by atoms with Gasteiger partial charge in [0.05, 0.1) is 22.7 Å². The first-order valence-electron chi connectivity index (χ1n) is 11.8. The van der Waals surface area contributed by atoms with E-state index in [1.54, 1.807) is 6.20 Å². The average molecular weight is 459 g/mol. The summed E-state index contributed by atoms with van der Waals surface area (Å²) >= 11 is 0. The molecule has 1 aliphatic rings. The molecule has 5 nitrogen and oxygen atoms in total. The average Bonchev–Trinajstić information content (AvgIpc) is 3.10. The molecule has 4 aromatic rings. The predicted molar refractivity (Wildman–Crippen MR) is 138 cm³/mol. The first-order chi connectivity index (χ1) is 16.9. The highest BCUT2D eigenvalue weighted by atomic mass is 16.1. The van der Waals surface area contributed by atoms with Crippen LogP contribution < -0.4 is 5.32 Å². The van der Waals surface area contributed by atoms with Crippen LogP contribution in [0.25, 0.3) is 27.6 Å². The molecule has 0 saturated carbocycles. The van der Waals surface area contributed by atoms with E-state index in [0.29, 0.717) is 12.8 Å². The van der Waals surface area contributed by atoms with E-state index in [-0.39, 0.29) is 11.8 Å². The SMILES string of the molecule is CC(C)(C#N)c1ccc(C2CCC(=O)NC=C2c2cc(-c3cnc4ccccc4c3)ccn2)cc1. The van der Waals surface area contributed by atoms with Crippen LogP contribution in [0.15, 0.2) is 85.3 Å². The van der Waals surface area contributed by atoms with Crippen LogP contribution in [-0.4, -0.2) is 15.9 Å². The molecule has 0 fully saturated rings. The molecule has 5 rings (SSSR count). The summed E-state index contributed by atoms with van der Waals surface area (Å²) in [5.41, 5.74) is 6.32. The fraction of sp³-hybridized carbons (Fsp3) is 0.200. The molecule has 1 amide bonds. The summed E-state index contributed by atoms with van der Waals surface area (Å²) in [6, 6.07) is 24.8. The number of pyridine rings is 2. The molecule has 1 unspecified atom stereocenters. The van der Waals surface area contributed by atoms with Crippen LogP contribution in [0.1, 0.15) is 49.4 Å². The van der Waals surface area contributed by atoms with Crippen molar-refractivity contribution < 1.29 is 4.79 Å². The standard InChI is InChI=1S/C30H26N4O/c1-30(2,19-31)24-9-7-20(8-10-24)25-11-12-29(35)34-18-26(25)28-16-21(13-14-32-28)23-15-22-5-3-4-6-27(22)33-17-23/h3-10,13-18,25H,11-12H2,1-2H3,(H,34,35). The van der Waals surface area contributed by atoms with Gasteiger partial charge in [0.15, 0.2) is 0 Å². The van der Waals surface area contributed by atoms with Gasteiger partial charge in [-0.25, -0.2) is 0 Å². The van der Waals surface area contributed by atoms with Crippen molar-refractivity contribution in [3.05, 3.63) is 102 Å². The van der Waals surface area contributed by atoms with E-state index >= 15 is 0 Å². The highest BCUT2D eigenvalue weighted by Crippen LogP contribution is 2.38. The van der Waals surface area contributed by atoms with Gasteiger partial charge in [0.2, 0.25) is 5.91 Å². The normalized spacial score (nSPS) is 16.2. The molecule has 1 atom stereocenters. The number of aromatic nitrogens is 2. The van der Waals surface area contributed by atoms with Crippen molar-refractivity contribution in [2.75, 3.05) is 0 Å². The lowest BCUT2D eigenvalue weighted by Gasteiger charge is -2.21. The lowest BCUT2D eigenvalue weighted by atomic mass is 9.82. The van der Waals surface area contributed by atoms with Crippen molar-refractivity contribution in [2.45, 2.75) is 38.0 Å². The highest BCUT2D eigenvalue weighted by molar-refractivity contribution is 5.85. The van der Waals surface area contributed by atoms with Gasteiger partial charge in [-0.3, -0.25) is 14.8 Å². The number of fused-ring (bicyclic) bond motifs is 1. The lowest BCUT2D eigenvalue weighted by molar-refractivity contribution is -0.120. The second-order valence-electron chi connectivity index (χ2n) is 9.46. The second-order valence-corrected chi connectivity index (χ2v) is 9.46. The van der Waals surface area contributed by atoms with Gasteiger partial charge in [-0.1, -0.05) is 42.5 Å². The Morgan fingerprint density at radius 1 is 1.00 bits per heavy atom. The maximum atomic E-state index is 12.3. The Morgan fingerprint density at radius 2 is 1.80 bits per heavy atom. The quantitative estimate of drug-likeness (QED) is 0.399. The van der Waals surface area contributed by atoms with Crippen LogP contribution in [-0.2, 0) is 10.2 Å². The maximum absolute atomic E-state index is 12.3. The van der Waals surface area contributed by atoms with Crippen LogP contribution in [0.4, 0.5) is 0 Å². The van der Waals surface area contributed by atoms with Gasteiger partial charge in [-0.05, 0) is 61.2 Å². The van der Waals surface area contributed by atoms with Crippen molar-refractivity contribution in [3.8, 4) is 17.2 Å². The second kappa shape index (κ2) is 9.15. The molecule has 172 valence electrons. The van der Waals surface area contributed by atoms with Gasteiger partial charge in [-0.15, -0.1) is 0 Å². The van der Waals surface area contributed by atoms with Gasteiger partial charge >= 0.3 is 0 Å². The van der Waals surface area contributed by atoms with Crippen LogP contribution >= 0.6 is 0 Å². The van der Waals surface area contributed by atoms with Gasteiger partial charge in [0.25, 0.3) is 0 Å². The van der Waals surface area contributed by atoms with Gasteiger partial charge in [0.1, 0.15) is 0 Å². The molecule has 0 spiro atoms. The number of carbonyl (C=O) groups excluding carboxylic acids is 1. The van der Waals surface area contributed by atoms with Crippen molar-refractivity contribution in [1.29, 1.82) is 5.26 Å². The van der Waals surface area contributed by atoms with Crippen molar-refractivity contribution >= 4 is 22.4 Å². The Hall–Kier alpha value is -4.30. The third-order valence-electron chi connectivity index (χ3n) is 6.72. The summed E-state index contributed by atoms with van der Waals surface area (Å²) in [7, 11) is 0. The molecule has 1 aliphatic heterocycles. The van der Waals surface area contributed by atoms with E-state index in [4.69, 9.17) is 0 Å². The van der Waals surface area contributed by atoms with E-state index in [2.05, 4.69) is 51.7 Å². The van der Waals surface area contributed by atoms with Gasteiger partial charge < -0.3 is 5.32 Å². The minimum absolute atomic E-state index is 0.00196. The summed E-state index contributed by atoms with van der Waals surface area (Å²) in [5, 5.41) is 13.5. The number of hydrogen-bond acceptors (Lipinski definition) is 4. The number of nitrogens with zero attached hydrogens (tertiary/aromatic N) is 3. The summed E-state index contributed by atoms with van der Waals surface area (Å²) in [4.78, 5) is 21.5. The number of rotatable bonds is 4. The van der Waals surface area contributed by atoms with E-state index < -0.39 is 5.41 Å². The van der Waals surface area contributed by atoms with Crippen LogP contribution in [0.3, 0.4) is 0 Å². The topological polar surface area (TPSA) is 78.7 Å². The lowest BCUT2D eigenvalue weighted by Crippen LogP contribution is -2.14. The van der Waals surface area contributed by atoms with Gasteiger partial charge in [-0.2, -0.15) is 5.26 Å². The molecule has 2 aromatic carbocycles. The largest absolute Gasteiger partial charge is 0.332 e. The smallest absolute Gasteiger partial charge is 0.223 e. The third-order valence-corrected chi connectivity index (χ3v) is 6.72. The van der Waals surface area contributed by atoms with E-state index in [1.807, 2.05) is 62.6 Å². The first kappa shape index (κ1) is 22.5. The van der Waals surface area contributed by atoms with Crippen LogP contribution in [0.2, 0.25) is 0 Å². The summed E-state index contributed by atoms with van der Waals surface area (Å²) in [6.45, 7) is 3.83. The fourth-order valence-electron chi connectivity index (χ4n) is 4.55. The number of carbonyl (C=O) groups is 1. The Labute approximate surface area is 205 Å². The van der Waals surface area contributed by atoms with Gasteiger partial charge in [0, 0.05) is 47.5 Å². The summed E-state index contributed by atoms with van der Waals surface area (Å²) in [6.07, 6.45) is 6.62. The summed E-state index contributed by atoms with van der Waals surface area (Å²) < 4.78 is 0. The Balaban J connectivity index is 1.53. The Bertz CT molecular complexity index is 1480. The molecule has 0 bridgehead atoms. The molecule has 0 saturated heterocycles. The molecule has 0 aliphatic carbocycles. The van der Waals surface area contributed by atoms with Crippen LogP contribution in [0.5, 0.6) is 0 Å². The predicted octanol–water partition coefficient (Wildman–Crippen LogP) is 6.13. The molecular weight excluding hydrogens is 432 g/mol. The Morgan fingerprint density at radius 3 is 2.60 bits per heavy atom. The number of para-hydroxylation sites is 1. The van der Waals surface area contributed by atoms with Crippen molar-refractivity contribution in [3.63, 3.8) is 0 Å². The van der Waals surface area contributed by atoms with E-state index in [1.165, 1.54) is 0 Å². The third kappa shape index (κ3) is 4.56. The molecule has 1 N–H and O–H groups in total. The number of nitriles is 1. The number of benzene rings is 2. The summed E-state index contributed by atoms with van der Waals surface area (Å²) in [5.74, 6) is 0.00722. The monoisotopic (exact) mass is 458 g/mol. The highest BCUT2D eigenvalue weighted by Gasteiger charge is 2.25. The minimum atomic E-state index is -0.554. The number of allylic oxidation sites excluding steroid dienone is 1. The molecule has 0 radical (unpaired) electrons. The maximum Gasteiger partial charge on any atom is 0.223 e. The van der Waals surface area contributed by atoms with Crippen molar-refractivity contribution in [2.24, 2.45) is 0 Å². The zero-order valence-corrected chi connectivity index (χ0v) is 19.8. The van der Waals surface area contributed by atoms with Crippen LogP contribution in [0, 0.1) is 11.3 Å². The Kier molecular flexibility index (Phi) is 5.88. The molecule has 3 heterocycles. The number of nitrogens with one attached hydrogen (secondary N) is 1. The van der Waals surface area contributed by atoms with E-state index in [9.17, 15) is 10.1 Å². The molecular formula is C30H26N4O. The number of amides is 1. The van der Waals surface area contributed by atoms with E-state index in [0.717, 1.165) is 44.4 Å². The zero-order chi connectivity index (χ0) is 24.4.